The number of nitrogens with one attached hydrogen (secondary N) is 1. The second-order valence-electron chi connectivity index (χ2n) is 7.85. The number of aromatic nitrogens is 1. The standard InChI is InChI=1S/C25H28ClN3O2/c1-18-21(25(30)27-13-16-28-14-5-6-15-28)17-23(19-9-11-20(26)12-10-19)29(18)22-7-3-4-8-24(22)31-2/h3-4,7-12,17H,5-6,13-16H2,1-2H3,(H,27,30). The van der Waals surface area contributed by atoms with Gasteiger partial charge in [-0.15, -0.1) is 0 Å². The van der Waals surface area contributed by atoms with Crippen molar-refractivity contribution in [1.29, 1.82) is 0 Å². The molecular formula is C25H28ClN3O2. The second-order valence-corrected chi connectivity index (χ2v) is 8.28. The molecular weight excluding hydrogens is 410 g/mol. The van der Waals surface area contributed by atoms with Crippen molar-refractivity contribution in [2.75, 3.05) is 33.3 Å². The fraction of sp³-hybridized carbons (Fsp3) is 0.320. The number of para-hydroxylation sites is 2. The Hall–Kier alpha value is -2.76. The summed E-state index contributed by atoms with van der Waals surface area (Å²) >= 11 is 6.11. The molecule has 0 unspecified atom stereocenters. The number of ether oxygens (including phenoxy) is 1. The van der Waals surface area contributed by atoms with Gasteiger partial charge >= 0.3 is 0 Å². The summed E-state index contributed by atoms with van der Waals surface area (Å²) in [7, 11) is 1.66. The van der Waals surface area contributed by atoms with Crippen molar-refractivity contribution in [2.24, 2.45) is 0 Å². The molecule has 2 heterocycles. The molecule has 0 aliphatic carbocycles. The number of methoxy groups -OCH3 is 1. The maximum absolute atomic E-state index is 13.1. The van der Waals surface area contributed by atoms with Gasteiger partial charge < -0.3 is 19.5 Å². The average Bonchev–Trinajstić information content (AvgIpc) is 3.42. The lowest BCUT2D eigenvalue weighted by Gasteiger charge is -2.16. The molecule has 0 saturated carbocycles. The van der Waals surface area contributed by atoms with Crippen LogP contribution in [-0.4, -0.2) is 48.7 Å². The van der Waals surface area contributed by atoms with Crippen molar-refractivity contribution in [2.45, 2.75) is 19.8 Å². The third-order valence-electron chi connectivity index (χ3n) is 5.87. The highest BCUT2D eigenvalue weighted by molar-refractivity contribution is 6.30. The molecule has 1 N–H and O–H groups in total. The first-order valence-corrected chi connectivity index (χ1v) is 11.1. The minimum Gasteiger partial charge on any atom is -0.495 e. The van der Waals surface area contributed by atoms with Gasteiger partial charge in [0.15, 0.2) is 0 Å². The Bertz CT molecular complexity index is 1050. The third kappa shape index (κ3) is 4.63. The van der Waals surface area contributed by atoms with Crippen molar-refractivity contribution in [1.82, 2.24) is 14.8 Å². The fourth-order valence-corrected chi connectivity index (χ4v) is 4.35. The van der Waals surface area contributed by atoms with Crippen LogP contribution in [0.4, 0.5) is 0 Å². The number of hydrogen-bond acceptors (Lipinski definition) is 3. The first-order chi connectivity index (χ1) is 15.1. The van der Waals surface area contributed by atoms with E-state index in [0.29, 0.717) is 17.1 Å². The van der Waals surface area contributed by atoms with Gasteiger partial charge in [-0.05, 0) is 68.8 Å². The second kappa shape index (κ2) is 9.58. The van der Waals surface area contributed by atoms with Crippen molar-refractivity contribution in [3.05, 3.63) is 70.9 Å². The molecule has 4 rings (SSSR count). The summed E-state index contributed by atoms with van der Waals surface area (Å²) in [6, 6.07) is 17.5. The Morgan fingerprint density at radius 3 is 2.52 bits per heavy atom. The highest BCUT2D eigenvalue weighted by Gasteiger charge is 2.21. The molecule has 2 aromatic carbocycles. The largest absolute Gasteiger partial charge is 0.495 e. The van der Waals surface area contributed by atoms with Crippen molar-refractivity contribution in [3.63, 3.8) is 0 Å². The van der Waals surface area contributed by atoms with Crippen molar-refractivity contribution >= 4 is 17.5 Å². The summed E-state index contributed by atoms with van der Waals surface area (Å²) in [4.78, 5) is 15.5. The molecule has 0 radical (unpaired) electrons. The van der Waals surface area contributed by atoms with E-state index in [-0.39, 0.29) is 5.91 Å². The third-order valence-corrected chi connectivity index (χ3v) is 6.12. The molecule has 1 aliphatic rings. The van der Waals surface area contributed by atoms with E-state index < -0.39 is 0 Å². The molecule has 1 amide bonds. The summed E-state index contributed by atoms with van der Waals surface area (Å²) in [5.74, 6) is 0.693. The smallest absolute Gasteiger partial charge is 0.253 e. The van der Waals surface area contributed by atoms with Gasteiger partial charge in [0.1, 0.15) is 5.75 Å². The lowest BCUT2D eigenvalue weighted by atomic mass is 10.1. The first-order valence-electron chi connectivity index (χ1n) is 10.7. The van der Waals surface area contributed by atoms with E-state index in [1.165, 1.54) is 12.8 Å². The van der Waals surface area contributed by atoms with E-state index in [4.69, 9.17) is 16.3 Å². The van der Waals surface area contributed by atoms with Gasteiger partial charge in [-0.3, -0.25) is 4.79 Å². The number of carbonyl (C=O) groups excluding carboxylic acids is 1. The maximum atomic E-state index is 13.1. The van der Waals surface area contributed by atoms with Crippen LogP contribution in [0, 0.1) is 6.92 Å². The fourth-order valence-electron chi connectivity index (χ4n) is 4.22. The number of halogens is 1. The Labute approximate surface area is 188 Å². The van der Waals surface area contributed by atoms with Crippen LogP contribution >= 0.6 is 11.6 Å². The zero-order valence-corrected chi connectivity index (χ0v) is 18.8. The van der Waals surface area contributed by atoms with Gasteiger partial charge in [0, 0.05) is 23.8 Å². The Morgan fingerprint density at radius 1 is 1.10 bits per heavy atom. The average molecular weight is 438 g/mol. The van der Waals surface area contributed by atoms with Crippen LogP contribution in [0.5, 0.6) is 5.75 Å². The molecule has 1 saturated heterocycles. The molecule has 31 heavy (non-hydrogen) atoms. The number of hydrogen-bond donors (Lipinski definition) is 1. The van der Waals surface area contributed by atoms with Gasteiger partial charge in [-0.1, -0.05) is 35.9 Å². The molecule has 1 aliphatic heterocycles. The summed E-state index contributed by atoms with van der Waals surface area (Å²) in [6.45, 7) is 5.76. The normalized spacial score (nSPS) is 14.0. The van der Waals surface area contributed by atoms with Gasteiger partial charge in [0.2, 0.25) is 0 Å². The van der Waals surface area contributed by atoms with Crippen molar-refractivity contribution < 1.29 is 9.53 Å². The van der Waals surface area contributed by atoms with Gasteiger partial charge in [-0.2, -0.15) is 0 Å². The van der Waals surface area contributed by atoms with E-state index in [0.717, 1.165) is 48.0 Å². The monoisotopic (exact) mass is 437 g/mol. The zero-order valence-electron chi connectivity index (χ0n) is 18.0. The molecule has 6 heteroatoms. The first kappa shape index (κ1) is 21.5. The van der Waals surface area contributed by atoms with E-state index in [2.05, 4.69) is 14.8 Å². The Balaban J connectivity index is 1.69. The number of likely N-dealkylation sites (tertiary alicyclic amines) is 1. The van der Waals surface area contributed by atoms with Crippen LogP contribution in [0.2, 0.25) is 5.02 Å². The summed E-state index contributed by atoms with van der Waals surface area (Å²) in [6.07, 6.45) is 2.50. The molecule has 0 atom stereocenters. The lowest BCUT2D eigenvalue weighted by molar-refractivity contribution is 0.0949. The molecule has 0 spiro atoms. The van der Waals surface area contributed by atoms with E-state index >= 15 is 0 Å². The summed E-state index contributed by atoms with van der Waals surface area (Å²) in [5.41, 5.74) is 4.33. The quantitative estimate of drug-likeness (QED) is 0.569. The number of rotatable bonds is 7. The van der Waals surface area contributed by atoms with E-state index in [1.54, 1.807) is 7.11 Å². The number of nitrogens with zero attached hydrogens (tertiary/aromatic N) is 2. The molecule has 0 bridgehead atoms. The molecule has 5 nitrogen and oxygen atoms in total. The van der Waals surface area contributed by atoms with Gasteiger partial charge in [0.05, 0.1) is 24.1 Å². The number of carbonyl (C=O) groups is 1. The van der Waals surface area contributed by atoms with Crippen LogP contribution in [-0.2, 0) is 0 Å². The van der Waals surface area contributed by atoms with Crippen LogP contribution in [0.3, 0.4) is 0 Å². The van der Waals surface area contributed by atoms with Crippen molar-refractivity contribution in [3.8, 4) is 22.7 Å². The molecule has 1 fully saturated rings. The predicted molar refractivity (Wildman–Crippen MR) is 126 cm³/mol. The Morgan fingerprint density at radius 2 is 1.81 bits per heavy atom. The Kier molecular flexibility index (Phi) is 6.64. The lowest BCUT2D eigenvalue weighted by Crippen LogP contribution is -2.33. The van der Waals surface area contributed by atoms with Gasteiger partial charge in [-0.25, -0.2) is 0 Å². The predicted octanol–water partition coefficient (Wildman–Crippen LogP) is 4.94. The zero-order chi connectivity index (χ0) is 21.8. The van der Waals surface area contributed by atoms with Crippen LogP contribution in [0.15, 0.2) is 54.6 Å². The minimum atomic E-state index is -0.0550. The van der Waals surface area contributed by atoms with Crippen LogP contribution in [0.25, 0.3) is 16.9 Å². The highest BCUT2D eigenvalue weighted by Crippen LogP contribution is 2.34. The van der Waals surface area contributed by atoms with Crippen LogP contribution in [0.1, 0.15) is 28.9 Å². The topological polar surface area (TPSA) is 46.5 Å². The summed E-state index contributed by atoms with van der Waals surface area (Å²) < 4.78 is 7.69. The minimum absolute atomic E-state index is 0.0550. The molecule has 162 valence electrons. The van der Waals surface area contributed by atoms with E-state index in [9.17, 15) is 4.79 Å². The highest BCUT2D eigenvalue weighted by atomic mass is 35.5. The summed E-state index contributed by atoms with van der Waals surface area (Å²) in [5, 5.41) is 3.78. The molecule has 3 aromatic rings. The molecule has 1 aromatic heterocycles. The van der Waals surface area contributed by atoms with E-state index in [1.807, 2.05) is 61.5 Å². The number of benzene rings is 2. The van der Waals surface area contributed by atoms with Gasteiger partial charge in [0.25, 0.3) is 5.91 Å². The van der Waals surface area contributed by atoms with Crippen LogP contribution < -0.4 is 10.1 Å². The SMILES string of the molecule is COc1ccccc1-n1c(-c2ccc(Cl)cc2)cc(C(=O)NCCN2CCCC2)c1C. The number of amides is 1. The maximum Gasteiger partial charge on any atom is 0.253 e.